The van der Waals surface area contributed by atoms with Crippen molar-refractivity contribution in [2.45, 2.75) is 13.0 Å². The first-order valence-electron chi connectivity index (χ1n) is 2.76. The van der Waals surface area contributed by atoms with Crippen LogP contribution in [0.2, 0.25) is 0 Å². The average molecular weight is 223 g/mol. The van der Waals surface area contributed by atoms with Crippen LogP contribution in [0.4, 0.5) is 0 Å². The van der Waals surface area contributed by atoms with E-state index in [1.807, 2.05) is 6.92 Å². The number of methoxy groups -OCH3 is 1. The normalized spacial score (nSPS) is 13.5. The molecule has 1 aromatic rings. The molecule has 5 heteroatoms. The lowest BCUT2D eigenvalue weighted by atomic mass is 10.4. The van der Waals surface area contributed by atoms with Crippen LogP contribution in [-0.2, 0) is 4.74 Å². The third-order valence-corrected chi connectivity index (χ3v) is 2.27. The van der Waals surface area contributed by atoms with Gasteiger partial charge in [0.1, 0.15) is 6.10 Å². The lowest BCUT2D eigenvalue weighted by molar-refractivity contribution is 0.113. The molecule has 0 aromatic carbocycles. The van der Waals surface area contributed by atoms with E-state index in [4.69, 9.17) is 4.74 Å². The molecule has 0 spiro atoms. The molecule has 0 fully saturated rings. The standard InChI is InChI=1S/C5H7BrN2OS/c1-3(9-2)4-7-5(6)10-8-4/h3H,1-2H3. The number of rotatable bonds is 2. The summed E-state index contributed by atoms with van der Waals surface area (Å²) in [5.41, 5.74) is 0. The Hall–Kier alpha value is -0.0000000000000000555. The maximum atomic E-state index is 5.01. The minimum absolute atomic E-state index is 0.0115. The quantitative estimate of drug-likeness (QED) is 0.769. The zero-order chi connectivity index (χ0) is 7.56. The van der Waals surface area contributed by atoms with Crippen molar-refractivity contribution in [3.8, 4) is 0 Å². The Morgan fingerprint density at radius 3 is 2.80 bits per heavy atom. The summed E-state index contributed by atoms with van der Waals surface area (Å²) < 4.78 is 9.85. The molecule has 0 aliphatic rings. The summed E-state index contributed by atoms with van der Waals surface area (Å²) in [5.74, 6) is 0.736. The summed E-state index contributed by atoms with van der Waals surface area (Å²) in [6.07, 6.45) is -0.0115. The molecule has 56 valence electrons. The van der Waals surface area contributed by atoms with E-state index in [0.717, 1.165) is 9.74 Å². The second kappa shape index (κ2) is 3.41. The van der Waals surface area contributed by atoms with Gasteiger partial charge in [0.25, 0.3) is 0 Å². The summed E-state index contributed by atoms with van der Waals surface area (Å²) in [6.45, 7) is 1.91. The molecule has 1 unspecified atom stereocenters. The molecule has 0 saturated carbocycles. The van der Waals surface area contributed by atoms with Gasteiger partial charge in [0, 0.05) is 7.11 Å². The van der Waals surface area contributed by atoms with Crippen LogP contribution in [0.3, 0.4) is 0 Å². The van der Waals surface area contributed by atoms with E-state index in [1.165, 1.54) is 11.5 Å². The van der Waals surface area contributed by atoms with Gasteiger partial charge in [-0.15, -0.1) is 0 Å². The number of ether oxygens (including phenoxy) is 1. The van der Waals surface area contributed by atoms with Gasteiger partial charge in [0.15, 0.2) is 9.74 Å². The Balaban J connectivity index is 2.74. The Morgan fingerprint density at radius 1 is 1.70 bits per heavy atom. The molecule has 0 saturated heterocycles. The fourth-order valence-electron chi connectivity index (χ4n) is 0.486. The molecule has 1 atom stereocenters. The molecular formula is C5H7BrN2OS. The van der Waals surface area contributed by atoms with Gasteiger partial charge in [0.2, 0.25) is 0 Å². The number of nitrogens with zero attached hydrogens (tertiary/aromatic N) is 2. The predicted molar refractivity (Wildman–Crippen MR) is 43.0 cm³/mol. The Bertz CT molecular complexity index is 215. The van der Waals surface area contributed by atoms with E-state index in [1.54, 1.807) is 7.11 Å². The van der Waals surface area contributed by atoms with Crippen LogP contribution in [0, 0.1) is 0 Å². The van der Waals surface area contributed by atoms with Crippen molar-refractivity contribution in [2.75, 3.05) is 7.11 Å². The van der Waals surface area contributed by atoms with Gasteiger partial charge >= 0.3 is 0 Å². The second-order valence-corrected chi connectivity index (χ2v) is 3.81. The minimum atomic E-state index is -0.0115. The van der Waals surface area contributed by atoms with E-state index in [9.17, 15) is 0 Å². The highest BCUT2D eigenvalue weighted by Crippen LogP contribution is 2.18. The molecule has 0 aliphatic heterocycles. The minimum Gasteiger partial charge on any atom is -0.374 e. The first-order chi connectivity index (χ1) is 4.74. The molecule has 0 N–H and O–H groups in total. The maximum absolute atomic E-state index is 5.01. The van der Waals surface area contributed by atoms with Crippen molar-refractivity contribution in [1.82, 2.24) is 9.36 Å². The molecule has 10 heavy (non-hydrogen) atoms. The van der Waals surface area contributed by atoms with Gasteiger partial charge in [-0.25, -0.2) is 4.98 Å². The Labute approximate surface area is 71.7 Å². The zero-order valence-corrected chi connectivity index (χ0v) is 8.07. The van der Waals surface area contributed by atoms with Crippen molar-refractivity contribution >= 4 is 27.5 Å². The van der Waals surface area contributed by atoms with Crippen LogP contribution < -0.4 is 0 Å². The second-order valence-electron chi connectivity index (χ2n) is 1.78. The van der Waals surface area contributed by atoms with Crippen molar-refractivity contribution < 1.29 is 4.74 Å². The van der Waals surface area contributed by atoms with E-state index >= 15 is 0 Å². The van der Waals surface area contributed by atoms with Gasteiger partial charge in [-0.1, -0.05) is 0 Å². The largest absolute Gasteiger partial charge is 0.374 e. The van der Waals surface area contributed by atoms with Crippen LogP contribution in [0.15, 0.2) is 3.92 Å². The van der Waals surface area contributed by atoms with Crippen molar-refractivity contribution in [3.05, 3.63) is 9.74 Å². The number of aromatic nitrogens is 2. The van der Waals surface area contributed by atoms with Crippen molar-refractivity contribution in [2.24, 2.45) is 0 Å². The molecular weight excluding hydrogens is 216 g/mol. The summed E-state index contributed by atoms with van der Waals surface area (Å²) in [6, 6.07) is 0. The molecule has 1 aromatic heterocycles. The Morgan fingerprint density at radius 2 is 2.40 bits per heavy atom. The Kier molecular flexibility index (Phi) is 2.76. The summed E-state index contributed by atoms with van der Waals surface area (Å²) in [7, 11) is 1.64. The highest BCUT2D eigenvalue weighted by Gasteiger charge is 2.08. The summed E-state index contributed by atoms with van der Waals surface area (Å²) in [5, 5.41) is 0. The summed E-state index contributed by atoms with van der Waals surface area (Å²) in [4.78, 5) is 4.08. The van der Waals surface area contributed by atoms with Crippen LogP contribution >= 0.6 is 27.5 Å². The van der Waals surface area contributed by atoms with Crippen LogP contribution in [-0.4, -0.2) is 16.5 Å². The summed E-state index contributed by atoms with van der Waals surface area (Å²) >= 11 is 4.54. The molecule has 0 bridgehead atoms. The van der Waals surface area contributed by atoms with Gasteiger partial charge in [0.05, 0.1) is 0 Å². The number of hydrogen-bond acceptors (Lipinski definition) is 4. The number of hydrogen-bond donors (Lipinski definition) is 0. The highest BCUT2D eigenvalue weighted by atomic mass is 79.9. The lowest BCUT2D eigenvalue weighted by Crippen LogP contribution is -1.97. The fourth-order valence-corrected chi connectivity index (χ4v) is 1.38. The smallest absolute Gasteiger partial charge is 0.179 e. The third kappa shape index (κ3) is 1.74. The van der Waals surface area contributed by atoms with E-state index in [0.29, 0.717) is 0 Å². The van der Waals surface area contributed by atoms with Crippen LogP contribution in [0.1, 0.15) is 18.9 Å². The van der Waals surface area contributed by atoms with Gasteiger partial charge in [-0.2, -0.15) is 4.37 Å². The van der Waals surface area contributed by atoms with Crippen LogP contribution in [0.25, 0.3) is 0 Å². The molecule has 0 amide bonds. The van der Waals surface area contributed by atoms with Crippen molar-refractivity contribution in [1.29, 1.82) is 0 Å². The highest BCUT2D eigenvalue weighted by molar-refractivity contribution is 9.11. The topological polar surface area (TPSA) is 35.0 Å². The predicted octanol–water partition coefficient (Wildman–Crippen LogP) is 2.01. The van der Waals surface area contributed by atoms with Gasteiger partial charge in [-0.3, -0.25) is 0 Å². The molecule has 3 nitrogen and oxygen atoms in total. The lowest BCUT2D eigenvalue weighted by Gasteiger charge is -2.01. The van der Waals surface area contributed by atoms with E-state index in [-0.39, 0.29) is 6.10 Å². The SMILES string of the molecule is COC(C)c1nsc(Br)n1. The van der Waals surface area contributed by atoms with E-state index < -0.39 is 0 Å². The first kappa shape index (κ1) is 8.10. The molecule has 0 aliphatic carbocycles. The molecule has 0 radical (unpaired) electrons. The fraction of sp³-hybridized carbons (Fsp3) is 0.600. The third-order valence-electron chi connectivity index (χ3n) is 1.13. The van der Waals surface area contributed by atoms with Gasteiger partial charge < -0.3 is 4.74 Å². The van der Waals surface area contributed by atoms with Crippen LogP contribution in [0.5, 0.6) is 0 Å². The first-order valence-corrected chi connectivity index (χ1v) is 4.32. The molecule has 1 heterocycles. The van der Waals surface area contributed by atoms with Gasteiger partial charge in [-0.05, 0) is 34.4 Å². The monoisotopic (exact) mass is 222 g/mol. The average Bonchev–Trinajstić information content (AvgIpc) is 2.34. The van der Waals surface area contributed by atoms with E-state index in [2.05, 4.69) is 25.3 Å². The zero-order valence-electron chi connectivity index (χ0n) is 5.67. The number of halogens is 1. The molecule has 1 rings (SSSR count). The maximum Gasteiger partial charge on any atom is 0.179 e. The van der Waals surface area contributed by atoms with Crippen molar-refractivity contribution in [3.63, 3.8) is 0 Å².